The van der Waals surface area contributed by atoms with Crippen LogP contribution in [0, 0.1) is 13.8 Å². The summed E-state index contributed by atoms with van der Waals surface area (Å²) in [5.74, 6) is 1.44. The molecule has 1 aliphatic rings. The fourth-order valence-corrected chi connectivity index (χ4v) is 4.62. The number of hydrogen-bond acceptors (Lipinski definition) is 9. The third kappa shape index (κ3) is 6.03. The van der Waals surface area contributed by atoms with E-state index in [9.17, 15) is 9.59 Å². The van der Waals surface area contributed by atoms with Crippen molar-refractivity contribution in [3.8, 4) is 22.4 Å². The lowest BCUT2D eigenvalue weighted by Crippen LogP contribution is -2.50. The van der Waals surface area contributed by atoms with Gasteiger partial charge >= 0.3 is 6.09 Å². The molecular weight excluding hydrogens is 510 g/mol. The average molecular weight is 544 g/mol. The van der Waals surface area contributed by atoms with E-state index in [2.05, 4.69) is 30.2 Å². The van der Waals surface area contributed by atoms with Crippen LogP contribution in [0.4, 0.5) is 10.6 Å². The molecule has 1 saturated heterocycles. The normalized spacial score (nSPS) is 13.9. The molecule has 0 spiro atoms. The van der Waals surface area contributed by atoms with Gasteiger partial charge in [0, 0.05) is 73.4 Å². The molecule has 5 heterocycles. The summed E-state index contributed by atoms with van der Waals surface area (Å²) in [7, 11) is 0. The van der Waals surface area contributed by atoms with Gasteiger partial charge in [-0.2, -0.15) is 5.10 Å². The van der Waals surface area contributed by atoms with E-state index in [0.29, 0.717) is 55.3 Å². The highest BCUT2D eigenvalue weighted by atomic mass is 16.6. The molecule has 0 radical (unpaired) electrons. The van der Waals surface area contributed by atoms with Gasteiger partial charge in [-0.3, -0.25) is 9.78 Å². The number of rotatable bonds is 5. The first-order chi connectivity index (χ1) is 19.1. The van der Waals surface area contributed by atoms with Gasteiger partial charge in [0.2, 0.25) is 0 Å². The maximum Gasteiger partial charge on any atom is 0.410 e. The van der Waals surface area contributed by atoms with E-state index in [0.717, 1.165) is 28.2 Å². The van der Waals surface area contributed by atoms with Gasteiger partial charge in [0.1, 0.15) is 22.9 Å². The van der Waals surface area contributed by atoms with Gasteiger partial charge in [-0.1, -0.05) is 5.16 Å². The first-order valence-electron chi connectivity index (χ1n) is 13.2. The number of hydrogen-bond donors (Lipinski definition) is 1. The molecule has 40 heavy (non-hydrogen) atoms. The number of carbonyl (C=O) groups excluding carboxylic acids is 1. The summed E-state index contributed by atoms with van der Waals surface area (Å²) in [6.07, 6.45) is 3.59. The lowest BCUT2D eigenvalue weighted by molar-refractivity contribution is 0.0240. The van der Waals surface area contributed by atoms with Crippen LogP contribution in [0.3, 0.4) is 0 Å². The number of nitrogens with one attached hydrogen (secondary N) is 1. The summed E-state index contributed by atoms with van der Waals surface area (Å²) in [6.45, 7) is 11.7. The lowest BCUT2D eigenvalue weighted by atomic mass is 9.98. The van der Waals surface area contributed by atoms with Crippen LogP contribution >= 0.6 is 0 Å². The Kier molecular flexibility index (Phi) is 7.38. The number of amides is 1. The van der Waals surface area contributed by atoms with Crippen LogP contribution in [-0.2, 0) is 11.2 Å². The van der Waals surface area contributed by atoms with Crippen LogP contribution in [-0.4, -0.2) is 68.1 Å². The Labute approximate surface area is 232 Å². The van der Waals surface area contributed by atoms with Crippen LogP contribution < -0.4 is 10.5 Å². The van der Waals surface area contributed by atoms with Crippen LogP contribution in [0.1, 0.15) is 43.5 Å². The molecule has 11 nitrogen and oxygen atoms in total. The number of aromatic nitrogens is 5. The number of carbonyl (C=O) groups is 1. The lowest BCUT2D eigenvalue weighted by Gasteiger charge is -2.36. The Balaban J connectivity index is 1.39. The predicted octanol–water partition coefficient (Wildman–Crippen LogP) is 4.15. The summed E-state index contributed by atoms with van der Waals surface area (Å²) >= 11 is 0. The maximum atomic E-state index is 12.5. The highest BCUT2D eigenvalue weighted by Gasteiger charge is 2.27. The van der Waals surface area contributed by atoms with Crippen LogP contribution in [0.15, 0.2) is 52.0 Å². The number of aromatic amines is 1. The zero-order chi connectivity index (χ0) is 28.4. The molecule has 0 aromatic carbocycles. The smallest absolute Gasteiger partial charge is 0.410 e. The number of H-pyrrole nitrogens is 1. The van der Waals surface area contributed by atoms with Crippen molar-refractivity contribution in [2.75, 3.05) is 31.1 Å². The largest absolute Gasteiger partial charge is 0.444 e. The van der Waals surface area contributed by atoms with Crippen molar-refractivity contribution in [1.82, 2.24) is 30.2 Å². The van der Waals surface area contributed by atoms with Gasteiger partial charge in [0.25, 0.3) is 5.56 Å². The summed E-state index contributed by atoms with van der Waals surface area (Å²) in [5, 5.41) is 11.3. The fourth-order valence-electron chi connectivity index (χ4n) is 4.62. The second-order valence-electron chi connectivity index (χ2n) is 10.9. The van der Waals surface area contributed by atoms with Gasteiger partial charge < -0.3 is 19.1 Å². The van der Waals surface area contributed by atoms with Crippen molar-refractivity contribution in [3.63, 3.8) is 0 Å². The van der Waals surface area contributed by atoms with E-state index in [1.165, 1.54) is 0 Å². The molecular formula is C29H33N7O4. The molecule has 208 valence electrons. The molecule has 1 N–H and O–H groups in total. The average Bonchev–Trinajstić information content (AvgIpc) is 3.29. The van der Waals surface area contributed by atoms with Gasteiger partial charge in [0.15, 0.2) is 0 Å². The molecule has 1 aliphatic heterocycles. The van der Waals surface area contributed by atoms with Crippen molar-refractivity contribution in [2.24, 2.45) is 0 Å². The van der Waals surface area contributed by atoms with Gasteiger partial charge in [-0.25, -0.2) is 14.9 Å². The molecule has 11 heteroatoms. The Bertz CT molecular complexity index is 1560. The second kappa shape index (κ2) is 10.9. The second-order valence-corrected chi connectivity index (χ2v) is 10.9. The number of aryl methyl sites for hydroxylation is 2. The van der Waals surface area contributed by atoms with Crippen LogP contribution in [0.5, 0.6) is 0 Å². The van der Waals surface area contributed by atoms with Crippen molar-refractivity contribution in [3.05, 3.63) is 75.8 Å². The Morgan fingerprint density at radius 2 is 1.82 bits per heavy atom. The molecule has 4 aromatic rings. The number of ether oxygens (including phenoxy) is 1. The molecule has 0 unspecified atom stereocenters. The molecule has 4 aromatic heterocycles. The van der Waals surface area contributed by atoms with Crippen molar-refractivity contribution in [1.29, 1.82) is 0 Å². The van der Waals surface area contributed by atoms with E-state index >= 15 is 0 Å². The first-order valence-corrected chi connectivity index (χ1v) is 13.2. The summed E-state index contributed by atoms with van der Waals surface area (Å²) in [4.78, 5) is 37.6. The minimum atomic E-state index is -0.535. The number of anilines is 1. The fraction of sp³-hybridized carbons (Fsp3) is 0.379. The molecule has 0 bridgehead atoms. The first kappa shape index (κ1) is 27.0. The van der Waals surface area contributed by atoms with Crippen molar-refractivity contribution >= 4 is 11.9 Å². The number of piperazine rings is 1. The van der Waals surface area contributed by atoms with E-state index in [1.807, 2.05) is 58.9 Å². The van der Waals surface area contributed by atoms with E-state index < -0.39 is 5.60 Å². The maximum absolute atomic E-state index is 12.5. The van der Waals surface area contributed by atoms with Crippen LogP contribution in [0.25, 0.3) is 22.4 Å². The Hall–Kier alpha value is -4.54. The Morgan fingerprint density at radius 3 is 2.52 bits per heavy atom. The zero-order valence-electron chi connectivity index (χ0n) is 23.4. The van der Waals surface area contributed by atoms with Gasteiger partial charge in [-0.05, 0) is 64.4 Å². The number of nitrogens with zero attached hydrogens (tertiary/aromatic N) is 6. The summed E-state index contributed by atoms with van der Waals surface area (Å²) < 4.78 is 11.1. The summed E-state index contributed by atoms with van der Waals surface area (Å²) in [5.41, 5.74) is 4.70. The topological polar surface area (TPSA) is 130 Å². The van der Waals surface area contributed by atoms with Gasteiger partial charge in [0.05, 0.1) is 5.69 Å². The highest BCUT2D eigenvalue weighted by molar-refractivity contribution is 5.71. The standard InChI is InChI=1S/C29H33N7O4/c1-18-6-7-21(17-31-18)27-22(19(2)40-34-27)15-24-23(16-26(37)33-32-24)20-8-9-30-25(14-20)35-10-12-36(13-11-35)28(38)39-29(3,4)5/h6-9,14,16-17H,10-13,15H2,1-5H3,(H,33,37). The summed E-state index contributed by atoms with van der Waals surface area (Å²) in [6, 6.07) is 9.26. The monoisotopic (exact) mass is 543 g/mol. The third-order valence-corrected chi connectivity index (χ3v) is 6.71. The Morgan fingerprint density at radius 1 is 1.05 bits per heavy atom. The van der Waals surface area contributed by atoms with E-state index in [4.69, 9.17) is 9.26 Å². The molecule has 5 rings (SSSR count). The molecule has 0 atom stereocenters. The zero-order valence-corrected chi connectivity index (χ0v) is 23.4. The number of pyridine rings is 2. The predicted molar refractivity (Wildman–Crippen MR) is 150 cm³/mol. The van der Waals surface area contributed by atoms with E-state index in [1.54, 1.807) is 23.4 Å². The molecule has 0 saturated carbocycles. The quantitative estimate of drug-likeness (QED) is 0.394. The van der Waals surface area contributed by atoms with E-state index in [-0.39, 0.29) is 11.7 Å². The molecule has 1 amide bonds. The minimum absolute atomic E-state index is 0.298. The van der Waals surface area contributed by atoms with Crippen molar-refractivity contribution < 1.29 is 14.1 Å². The van der Waals surface area contributed by atoms with Gasteiger partial charge in [-0.15, -0.1) is 0 Å². The van der Waals surface area contributed by atoms with Crippen LogP contribution in [0.2, 0.25) is 0 Å². The van der Waals surface area contributed by atoms with Crippen molar-refractivity contribution in [2.45, 2.75) is 46.6 Å². The third-order valence-electron chi connectivity index (χ3n) is 6.71. The highest BCUT2D eigenvalue weighted by Crippen LogP contribution is 2.31. The molecule has 1 fully saturated rings. The molecule has 0 aliphatic carbocycles. The SMILES string of the molecule is Cc1ccc(-c2noc(C)c2Cc2n[nH]c(=O)cc2-c2ccnc(N3CCN(C(=O)OC(C)(C)C)CC3)c2)cn1. The minimum Gasteiger partial charge on any atom is -0.444 e.